The molecule has 5 heteroatoms. The minimum absolute atomic E-state index is 0.247. The Balaban J connectivity index is 2.46. The summed E-state index contributed by atoms with van der Waals surface area (Å²) in [5, 5.41) is 0. The van der Waals surface area contributed by atoms with Crippen molar-refractivity contribution < 1.29 is 19.1 Å². The van der Waals surface area contributed by atoms with Gasteiger partial charge in [-0.05, 0) is 11.1 Å². The first-order chi connectivity index (χ1) is 8.77. The molecular formula is C13H19NO4. The van der Waals surface area contributed by atoms with Crippen molar-refractivity contribution in [3.63, 3.8) is 0 Å². The van der Waals surface area contributed by atoms with Crippen LogP contribution in [0.3, 0.4) is 0 Å². The Bertz CT molecular complexity index is 368. The van der Waals surface area contributed by atoms with E-state index in [4.69, 9.17) is 9.57 Å². The fourth-order valence-corrected chi connectivity index (χ4v) is 1.46. The van der Waals surface area contributed by atoms with Gasteiger partial charge in [-0.2, -0.15) is 5.48 Å². The van der Waals surface area contributed by atoms with Crippen molar-refractivity contribution in [3.8, 4) is 0 Å². The van der Waals surface area contributed by atoms with Crippen molar-refractivity contribution in [1.82, 2.24) is 5.48 Å². The van der Waals surface area contributed by atoms with E-state index in [1.807, 2.05) is 24.3 Å². The molecule has 0 atom stereocenters. The molecular weight excluding hydrogens is 234 g/mol. The van der Waals surface area contributed by atoms with Gasteiger partial charge in [0.05, 0.1) is 26.7 Å². The van der Waals surface area contributed by atoms with Gasteiger partial charge in [0, 0.05) is 13.7 Å². The Labute approximate surface area is 107 Å². The second kappa shape index (κ2) is 8.63. The predicted molar refractivity (Wildman–Crippen MR) is 66.8 cm³/mol. The molecule has 0 aliphatic heterocycles. The molecule has 0 spiro atoms. The number of nitrogens with one attached hydrogen (secondary N) is 1. The molecule has 0 radical (unpaired) electrons. The first-order valence-electron chi connectivity index (χ1n) is 5.75. The van der Waals surface area contributed by atoms with E-state index < -0.39 is 0 Å². The van der Waals surface area contributed by atoms with Crippen molar-refractivity contribution in [2.45, 2.75) is 13.0 Å². The lowest BCUT2D eigenvalue weighted by atomic mass is 10.1. The number of carbonyl (C=O) groups excluding carboxylic acids is 1. The molecule has 5 nitrogen and oxygen atoms in total. The van der Waals surface area contributed by atoms with Crippen LogP contribution in [-0.2, 0) is 32.1 Å². The SMILES string of the molecule is COCCONCc1ccccc1CC(=O)OC. The van der Waals surface area contributed by atoms with Crippen LogP contribution in [0.2, 0.25) is 0 Å². The van der Waals surface area contributed by atoms with E-state index in [1.165, 1.54) is 7.11 Å². The Morgan fingerprint density at radius 1 is 1.17 bits per heavy atom. The molecule has 0 aliphatic rings. The molecule has 0 saturated heterocycles. The van der Waals surface area contributed by atoms with Crippen LogP contribution < -0.4 is 5.48 Å². The van der Waals surface area contributed by atoms with E-state index in [-0.39, 0.29) is 12.4 Å². The standard InChI is InChI=1S/C13H19NO4/c1-16-7-8-18-14-10-12-6-4-3-5-11(12)9-13(15)17-2/h3-6,14H,7-10H2,1-2H3. The van der Waals surface area contributed by atoms with Gasteiger partial charge in [0.15, 0.2) is 0 Å². The monoisotopic (exact) mass is 253 g/mol. The minimum Gasteiger partial charge on any atom is -0.469 e. The van der Waals surface area contributed by atoms with Gasteiger partial charge in [-0.1, -0.05) is 24.3 Å². The number of methoxy groups -OCH3 is 2. The number of rotatable bonds is 8. The van der Waals surface area contributed by atoms with E-state index in [2.05, 4.69) is 10.2 Å². The largest absolute Gasteiger partial charge is 0.469 e. The third-order valence-electron chi connectivity index (χ3n) is 2.44. The average Bonchev–Trinajstić information content (AvgIpc) is 2.40. The number of hydroxylamine groups is 1. The van der Waals surface area contributed by atoms with Crippen molar-refractivity contribution in [1.29, 1.82) is 0 Å². The van der Waals surface area contributed by atoms with E-state index >= 15 is 0 Å². The number of ether oxygens (including phenoxy) is 2. The molecule has 0 heterocycles. The summed E-state index contributed by atoms with van der Waals surface area (Å²) in [7, 11) is 3.01. The maximum absolute atomic E-state index is 11.3. The summed E-state index contributed by atoms with van der Waals surface area (Å²) in [6, 6.07) is 7.68. The van der Waals surface area contributed by atoms with Gasteiger partial charge >= 0.3 is 5.97 Å². The molecule has 0 amide bonds. The van der Waals surface area contributed by atoms with Gasteiger partial charge in [0.1, 0.15) is 0 Å². The Kier molecular flexibility index (Phi) is 7.01. The normalized spacial score (nSPS) is 10.3. The smallest absolute Gasteiger partial charge is 0.309 e. The van der Waals surface area contributed by atoms with E-state index in [0.29, 0.717) is 19.8 Å². The quantitative estimate of drug-likeness (QED) is 0.426. The first-order valence-corrected chi connectivity index (χ1v) is 5.75. The number of benzene rings is 1. The number of hydrogen-bond acceptors (Lipinski definition) is 5. The van der Waals surface area contributed by atoms with Crippen molar-refractivity contribution in [2.24, 2.45) is 0 Å². The van der Waals surface area contributed by atoms with E-state index in [1.54, 1.807) is 7.11 Å². The first kappa shape index (κ1) is 14.6. The molecule has 18 heavy (non-hydrogen) atoms. The van der Waals surface area contributed by atoms with Crippen LogP contribution in [-0.4, -0.2) is 33.4 Å². The van der Waals surface area contributed by atoms with Gasteiger partial charge in [-0.15, -0.1) is 0 Å². The van der Waals surface area contributed by atoms with Gasteiger partial charge in [-0.3, -0.25) is 9.63 Å². The average molecular weight is 253 g/mol. The second-order valence-corrected chi connectivity index (χ2v) is 3.68. The highest BCUT2D eigenvalue weighted by Crippen LogP contribution is 2.09. The summed E-state index contributed by atoms with van der Waals surface area (Å²) in [5.41, 5.74) is 4.79. The molecule has 100 valence electrons. The fourth-order valence-electron chi connectivity index (χ4n) is 1.46. The summed E-state index contributed by atoms with van der Waals surface area (Å²) in [6.07, 6.45) is 0.270. The van der Waals surface area contributed by atoms with Crippen molar-refractivity contribution >= 4 is 5.97 Å². The second-order valence-electron chi connectivity index (χ2n) is 3.68. The molecule has 0 unspecified atom stereocenters. The predicted octanol–water partition coefficient (Wildman–Crippen LogP) is 1.07. The molecule has 0 bridgehead atoms. The molecule has 0 aromatic heterocycles. The van der Waals surface area contributed by atoms with E-state index in [9.17, 15) is 4.79 Å². The minimum atomic E-state index is -0.247. The molecule has 1 aromatic carbocycles. The Hall–Kier alpha value is -1.43. The number of carbonyl (C=O) groups is 1. The third kappa shape index (κ3) is 5.27. The molecule has 0 fully saturated rings. The van der Waals surface area contributed by atoms with Crippen molar-refractivity contribution in [3.05, 3.63) is 35.4 Å². The van der Waals surface area contributed by atoms with Gasteiger partial charge in [0.25, 0.3) is 0 Å². The lowest BCUT2D eigenvalue weighted by Crippen LogP contribution is -2.18. The Morgan fingerprint density at radius 3 is 2.56 bits per heavy atom. The molecule has 1 N–H and O–H groups in total. The van der Waals surface area contributed by atoms with Crippen LogP contribution in [0.4, 0.5) is 0 Å². The summed E-state index contributed by atoms with van der Waals surface area (Å²) in [5.74, 6) is -0.247. The maximum atomic E-state index is 11.3. The summed E-state index contributed by atoms with van der Waals surface area (Å²) in [6.45, 7) is 1.56. The summed E-state index contributed by atoms with van der Waals surface area (Å²) < 4.78 is 9.52. The van der Waals surface area contributed by atoms with Crippen LogP contribution in [0.25, 0.3) is 0 Å². The zero-order valence-corrected chi connectivity index (χ0v) is 10.8. The Morgan fingerprint density at radius 2 is 1.89 bits per heavy atom. The third-order valence-corrected chi connectivity index (χ3v) is 2.44. The topological polar surface area (TPSA) is 56.8 Å². The van der Waals surface area contributed by atoms with Crippen molar-refractivity contribution in [2.75, 3.05) is 27.4 Å². The van der Waals surface area contributed by atoms with Gasteiger partial charge in [0.2, 0.25) is 0 Å². The molecule has 0 saturated carbocycles. The van der Waals surface area contributed by atoms with Crippen LogP contribution in [0.5, 0.6) is 0 Å². The molecule has 1 aromatic rings. The molecule has 1 rings (SSSR count). The summed E-state index contributed by atoms with van der Waals surface area (Å²) >= 11 is 0. The van der Waals surface area contributed by atoms with Crippen LogP contribution in [0.15, 0.2) is 24.3 Å². The zero-order chi connectivity index (χ0) is 13.2. The lowest BCUT2D eigenvalue weighted by Gasteiger charge is -2.10. The number of hydrogen-bond donors (Lipinski definition) is 1. The van der Waals surface area contributed by atoms with Crippen LogP contribution >= 0.6 is 0 Å². The molecule has 0 aliphatic carbocycles. The van der Waals surface area contributed by atoms with Gasteiger partial charge < -0.3 is 9.47 Å². The highest BCUT2D eigenvalue weighted by molar-refractivity contribution is 5.72. The highest BCUT2D eigenvalue weighted by atomic mass is 16.7. The lowest BCUT2D eigenvalue weighted by molar-refractivity contribution is -0.139. The van der Waals surface area contributed by atoms with Crippen LogP contribution in [0.1, 0.15) is 11.1 Å². The summed E-state index contributed by atoms with van der Waals surface area (Å²) in [4.78, 5) is 16.4. The maximum Gasteiger partial charge on any atom is 0.309 e. The zero-order valence-electron chi connectivity index (χ0n) is 10.8. The van der Waals surface area contributed by atoms with E-state index in [0.717, 1.165) is 11.1 Å². The highest BCUT2D eigenvalue weighted by Gasteiger charge is 2.07. The fraction of sp³-hybridized carbons (Fsp3) is 0.462. The van der Waals surface area contributed by atoms with Gasteiger partial charge in [-0.25, -0.2) is 0 Å². The number of esters is 1. The van der Waals surface area contributed by atoms with Crippen LogP contribution in [0, 0.1) is 0 Å².